The number of hydrogen-bond donors (Lipinski definition) is 2. The highest BCUT2D eigenvalue weighted by atomic mass is 16.5. The molecule has 2 aromatic carbocycles. The quantitative estimate of drug-likeness (QED) is 0.540. The van der Waals surface area contributed by atoms with Crippen LogP contribution in [0, 0.1) is 0 Å². The summed E-state index contributed by atoms with van der Waals surface area (Å²) in [5.74, 6) is -0.658. The molecule has 1 aromatic heterocycles. The van der Waals surface area contributed by atoms with Crippen LogP contribution in [0.25, 0.3) is 0 Å². The van der Waals surface area contributed by atoms with Crippen molar-refractivity contribution in [3.63, 3.8) is 0 Å². The van der Waals surface area contributed by atoms with Crippen LogP contribution >= 0.6 is 0 Å². The van der Waals surface area contributed by atoms with Gasteiger partial charge in [0.05, 0.1) is 31.0 Å². The van der Waals surface area contributed by atoms with Crippen LogP contribution in [0.3, 0.4) is 0 Å². The van der Waals surface area contributed by atoms with Gasteiger partial charge in [0.2, 0.25) is 0 Å². The molecule has 0 atom stereocenters. The summed E-state index contributed by atoms with van der Waals surface area (Å²) in [7, 11) is 0. The molecule has 1 fully saturated rings. The molecule has 2 N–H and O–H groups in total. The number of aromatic nitrogens is 2. The molecule has 0 amide bonds. The monoisotopic (exact) mass is 420 g/mol. The van der Waals surface area contributed by atoms with Crippen molar-refractivity contribution in [3.05, 3.63) is 92.1 Å². The molecular formula is C23H24N4O4. The molecule has 8 heteroatoms. The second-order valence-corrected chi connectivity index (χ2v) is 7.51. The first-order valence-corrected chi connectivity index (χ1v) is 10.2. The molecule has 0 bridgehead atoms. The highest BCUT2D eigenvalue weighted by Crippen LogP contribution is 2.14. The van der Waals surface area contributed by atoms with Crippen molar-refractivity contribution in [1.29, 1.82) is 0 Å². The maximum atomic E-state index is 12.8. The number of aliphatic imine (C=N–C) groups is 1. The molecule has 1 aliphatic rings. The molecule has 160 valence electrons. The third-order valence-electron chi connectivity index (χ3n) is 5.30. The van der Waals surface area contributed by atoms with E-state index in [0.717, 1.165) is 43.0 Å². The normalized spacial score (nSPS) is 14.8. The lowest BCUT2D eigenvalue weighted by atomic mass is 10.2. The minimum absolute atomic E-state index is 0.0781. The van der Waals surface area contributed by atoms with Gasteiger partial charge in [-0.2, -0.15) is 0 Å². The van der Waals surface area contributed by atoms with Gasteiger partial charge < -0.3 is 19.3 Å². The molecule has 0 aliphatic carbocycles. The van der Waals surface area contributed by atoms with Crippen LogP contribution in [0.2, 0.25) is 0 Å². The first-order valence-electron chi connectivity index (χ1n) is 10.2. The van der Waals surface area contributed by atoms with Crippen molar-refractivity contribution in [2.75, 3.05) is 26.3 Å². The Bertz CT molecular complexity index is 1160. The largest absolute Gasteiger partial charge is 0.859 e. The number of H-pyrrole nitrogens is 1. The standard InChI is InChI=1S/C23H24N4O4/c28-21-20(22(29)27(23(30)25-21)16-17-4-2-1-3-5-17)14-24-19-8-6-18(7-9-19)15-26-10-12-31-13-11-26/h1-9,14,29H,10-13,15-16H2,(H,25,28,30). The summed E-state index contributed by atoms with van der Waals surface area (Å²) in [5, 5.41) is 12.8. The third kappa shape index (κ3) is 5.17. The van der Waals surface area contributed by atoms with Gasteiger partial charge in [-0.15, -0.1) is 0 Å². The van der Waals surface area contributed by atoms with Crippen LogP contribution in [0.4, 0.5) is 5.69 Å². The van der Waals surface area contributed by atoms with E-state index in [2.05, 4.69) is 9.98 Å². The highest BCUT2D eigenvalue weighted by molar-refractivity contribution is 5.83. The molecule has 4 rings (SSSR count). The van der Waals surface area contributed by atoms with E-state index in [1.54, 1.807) is 0 Å². The molecule has 0 unspecified atom stereocenters. The summed E-state index contributed by atoms with van der Waals surface area (Å²) in [4.78, 5) is 32.3. The lowest BCUT2D eigenvalue weighted by Gasteiger charge is -2.23. The summed E-state index contributed by atoms with van der Waals surface area (Å²) < 4.78 is 6.39. The fourth-order valence-corrected chi connectivity index (χ4v) is 3.55. The molecule has 8 nitrogen and oxygen atoms in total. The lowest BCUT2D eigenvalue weighted by molar-refractivity contribution is -0.921. The Labute approximate surface area is 179 Å². The summed E-state index contributed by atoms with van der Waals surface area (Å²) in [6.07, 6.45) is 1.23. The first kappa shape index (κ1) is 20.8. The summed E-state index contributed by atoms with van der Waals surface area (Å²) in [6.45, 7) is 4.56. The van der Waals surface area contributed by atoms with Crippen LogP contribution in [0.15, 0.2) is 69.2 Å². The lowest BCUT2D eigenvalue weighted by Crippen LogP contribution is -3.12. The van der Waals surface area contributed by atoms with Gasteiger partial charge in [-0.25, -0.2) is 4.79 Å². The number of quaternary nitrogens is 1. The molecule has 1 saturated heterocycles. The smallest absolute Gasteiger partial charge is 0.328 e. The molecule has 0 spiro atoms. The first-order chi connectivity index (χ1) is 15.1. The second kappa shape index (κ2) is 9.55. The molecule has 3 aromatic rings. The van der Waals surface area contributed by atoms with Gasteiger partial charge in [0, 0.05) is 11.8 Å². The van der Waals surface area contributed by atoms with Crippen LogP contribution < -0.4 is 21.3 Å². The Hall–Kier alpha value is -3.49. The number of hydrogen-bond acceptors (Lipinski definition) is 5. The van der Waals surface area contributed by atoms with Crippen LogP contribution in [0.5, 0.6) is 5.88 Å². The zero-order chi connectivity index (χ0) is 21.6. The molecular weight excluding hydrogens is 396 g/mol. The Balaban J connectivity index is 1.52. The van der Waals surface area contributed by atoms with Crippen LogP contribution in [-0.4, -0.2) is 42.1 Å². The second-order valence-electron chi connectivity index (χ2n) is 7.51. The van der Waals surface area contributed by atoms with Gasteiger partial charge in [-0.05, 0) is 23.6 Å². The van der Waals surface area contributed by atoms with Crippen LogP contribution in [-0.2, 0) is 17.8 Å². The van der Waals surface area contributed by atoms with Gasteiger partial charge in [-0.3, -0.25) is 14.8 Å². The van der Waals surface area contributed by atoms with Crippen molar-refractivity contribution in [2.45, 2.75) is 13.1 Å². The molecule has 2 heterocycles. The van der Waals surface area contributed by atoms with Gasteiger partial charge in [0.1, 0.15) is 19.6 Å². The molecule has 0 saturated carbocycles. The zero-order valence-electron chi connectivity index (χ0n) is 17.0. The minimum Gasteiger partial charge on any atom is -0.859 e. The predicted octanol–water partition coefficient (Wildman–Crippen LogP) is -0.176. The number of nitrogens with zero attached hydrogens (tertiary/aromatic N) is 2. The average Bonchev–Trinajstić information content (AvgIpc) is 2.79. The minimum atomic E-state index is -0.740. The average molecular weight is 420 g/mol. The molecule has 1 aliphatic heterocycles. The zero-order valence-corrected chi connectivity index (χ0v) is 17.0. The van der Waals surface area contributed by atoms with Crippen molar-refractivity contribution in [2.24, 2.45) is 4.99 Å². The number of morpholine rings is 1. The van der Waals surface area contributed by atoms with E-state index >= 15 is 0 Å². The maximum absolute atomic E-state index is 12.8. The Morgan fingerprint density at radius 3 is 2.45 bits per heavy atom. The van der Waals surface area contributed by atoms with E-state index in [1.165, 1.54) is 16.7 Å². The SMILES string of the molecule is O=c1[nH]c(=O)n(Cc2ccccc2)c([O-])c1C=Nc1ccc(C[NH+]2CCOCC2)cc1. The van der Waals surface area contributed by atoms with E-state index in [1.807, 2.05) is 54.6 Å². The Morgan fingerprint density at radius 1 is 1.03 bits per heavy atom. The van der Waals surface area contributed by atoms with Gasteiger partial charge in [-0.1, -0.05) is 42.5 Å². The van der Waals surface area contributed by atoms with E-state index in [0.29, 0.717) is 5.69 Å². The number of aromatic amines is 1. The number of nitrogens with one attached hydrogen (secondary N) is 2. The van der Waals surface area contributed by atoms with Crippen molar-refractivity contribution in [1.82, 2.24) is 9.55 Å². The van der Waals surface area contributed by atoms with Crippen molar-refractivity contribution in [3.8, 4) is 5.88 Å². The molecule has 0 radical (unpaired) electrons. The summed E-state index contributed by atoms with van der Waals surface area (Å²) in [5.41, 5.74) is 0.962. The van der Waals surface area contributed by atoms with Gasteiger partial charge in [0.25, 0.3) is 5.56 Å². The fraction of sp³-hybridized carbons (Fsp3) is 0.261. The third-order valence-corrected chi connectivity index (χ3v) is 5.30. The van der Waals surface area contributed by atoms with E-state index in [4.69, 9.17) is 4.74 Å². The fourth-order valence-electron chi connectivity index (χ4n) is 3.55. The summed E-state index contributed by atoms with van der Waals surface area (Å²) in [6, 6.07) is 16.8. The predicted molar refractivity (Wildman–Crippen MR) is 115 cm³/mol. The number of ether oxygens (including phenoxy) is 1. The van der Waals surface area contributed by atoms with Gasteiger partial charge in [0.15, 0.2) is 0 Å². The Morgan fingerprint density at radius 2 is 1.74 bits per heavy atom. The van der Waals surface area contributed by atoms with E-state index in [9.17, 15) is 14.7 Å². The topological polar surface area (TPSA) is 104 Å². The number of benzene rings is 2. The maximum Gasteiger partial charge on any atom is 0.328 e. The number of rotatable bonds is 6. The highest BCUT2D eigenvalue weighted by Gasteiger charge is 2.14. The molecule has 31 heavy (non-hydrogen) atoms. The van der Waals surface area contributed by atoms with Crippen molar-refractivity contribution < 1.29 is 14.7 Å². The van der Waals surface area contributed by atoms with E-state index < -0.39 is 17.1 Å². The van der Waals surface area contributed by atoms with E-state index in [-0.39, 0.29) is 12.1 Å². The summed E-state index contributed by atoms with van der Waals surface area (Å²) >= 11 is 0. The van der Waals surface area contributed by atoms with Crippen molar-refractivity contribution >= 4 is 11.9 Å². The Kier molecular flexibility index (Phi) is 6.40. The van der Waals surface area contributed by atoms with Gasteiger partial charge >= 0.3 is 5.69 Å². The van der Waals surface area contributed by atoms with Crippen LogP contribution in [0.1, 0.15) is 16.7 Å².